The van der Waals surface area contributed by atoms with Crippen molar-refractivity contribution in [2.24, 2.45) is 0 Å². The van der Waals surface area contributed by atoms with Crippen molar-refractivity contribution in [3.8, 4) is 23.0 Å². The molecule has 0 fully saturated rings. The Morgan fingerprint density at radius 3 is 0.543 bits per heavy atom. The number of hydrogen-bond donors (Lipinski definition) is 4. The van der Waals surface area contributed by atoms with Gasteiger partial charge in [0, 0.05) is 133 Å². The van der Waals surface area contributed by atoms with Crippen molar-refractivity contribution >= 4 is 51.4 Å². The molecule has 4 rings (SSSR count). The Kier molecular flexibility index (Phi) is 22.6. The zero-order chi connectivity index (χ0) is 52.9. The van der Waals surface area contributed by atoms with Crippen molar-refractivity contribution in [1.82, 2.24) is 9.80 Å². The molecular weight excluding hydrogens is 965 g/mol. The van der Waals surface area contributed by atoms with Crippen LogP contribution in [0.2, 0.25) is 0 Å². The van der Waals surface area contributed by atoms with Crippen LogP contribution in [0.15, 0.2) is 48.5 Å². The number of phenols is 4. The van der Waals surface area contributed by atoms with E-state index in [0.29, 0.717) is 49.2 Å². The Bertz CT molecular complexity index is 2060. The molecule has 70 heavy (non-hydrogen) atoms. The van der Waals surface area contributed by atoms with Gasteiger partial charge in [-0.2, -0.15) is 0 Å². The predicted molar refractivity (Wildman–Crippen MR) is 298 cm³/mol. The average molecular weight is 1060 g/mol. The van der Waals surface area contributed by atoms with E-state index in [2.05, 4.69) is 239 Å². The molecule has 0 aliphatic rings. The van der Waals surface area contributed by atoms with Gasteiger partial charge in [-0.15, -0.1) is 0 Å². The second-order valence-corrected chi connectivity index (χ2v) is 28.5. The van der Waals surface area contributed by atoms with E-state index < -0.39 is 0 Å². The zero-order valence-corrected chi connectivity index (χ0v) is 55.7. The summed E-state index contributed by atoms with van der Waals surface area (Å²) in [5.74, 6) is 1.54. The quantitative estimate of drug-likeness (QED) is 0.132. The molecule has 4 aromatic rings. The fourth-order valence-electron chi connectivity index (χ4n) is 8.55. The predicted octanol–water partition coefficient (Wildman–Crippen LogP) is 15.5. The first-order valence-electron chi connectivity index (χ1n) is 25.1. The van der Waals surface area contributed by atoms with E-state index in [4.69, 9.17) is 0 Å². The van der Waals surface area contributed by atoms with E-state index in [1.807, 2.05) is 0 Å². The van der Waals surface area contributed by atoms with Crippen LogP contribution in [0.1, 0.15) is 233 Å². The minimum Gasteiger partial charge on any atom is -0.507 e. The minimum atomic E-state index is -0.153. The molecule has 0 aliphatic heterocycles. The molecule has 2 radical (unpaired) electrons. The summed E-state index contributed by atoms with van der Waals surface area (Å²) in [6.45, 7) is 54.7. The third-order valence-electron chi connectivity index (χ3n) is 13.2. The van der Waals surface area contributed by atoms with Crippen molar-refractivity contribution in [1.29, 1.82) is 0 Å². The molecule has 0 bridgehead atoms. The zero-order valence-electron chi connectivity index (χ0n) is 49.7. The van der Waals surface area contributed by atoms with E-state index in [-0.39, 0.29) is 127 Å². The Labute approximate surface area is 496 Å². The Balaban J connectivity index is 0.000000681. The molecular formula is C62H98KN2O4Y. The SMILES string of the molecule is CN(Cc1cc(C(C)(C)C)cc(C(C)(C)C)c1O)Cc1cc(C(C)(C)C)cc(C(C)(C)C)c1O.CN(Cc1cc(C(C)(C)C)cc(C(C)(C)C)c1O)Cc1cc(C(C)(C)C)cc(C(C)(C)C)c1O.[K].[Y]. The molecule has 0 unspecified atom stereocenters. The van der Waals surface area contributed by atoms with Crippen LogP contribution in [0.3, 0.4) is 0 Å². The summed E-state index contributed by atoms with van der Waals surface area (Å²) in [5.41, 5.74) is 11.9. The van der Waals surface area contributed by atoms with Crippen LogP contribution in [0.4, 0.5) is 0 Å². The Hall–Kier alpha value is -1.26. The van der Waals surface area contributed by atoms with Gasteiger partial charge >= 0.3 is 0 Å². The molecule has 0 aliphatic carbocycles. The van der Waals surface area contributed by atoms with Gasteiger partial charge in [-0.25, -0.2) is 0 Å². The van der Waals surface area contributed by atoms with Crippen molar-refractivity contribution in [2.75, 3.05) is 14.1 Å². The standard InChI is InChI=1S/2C31H49NO2.K.Y/c2*1-28(2,3)22-14-20(26(33)24(16-22)30(7,8)9)18-32(13)19-21-15-23(29(4,5)6)17-25(27(21)34)31(10,11)12;;/h2*14-17,33-34H,18-19H2,1-13H3;;. The van der Waals surface area contributed by atoms with Crippen molar-refractivity contribution in [3.05, 3.63) is 115 Å². The second kappa shape index (κ2) is 23.7. The number of hydrogen-bond acceptors (Lipinski definition) is 6. The van der Waals surface area contributed by atoms with Crippen LogP contribution in [-0.4, -0.2) is 95.7 Å². The fourth-order valence-corrected chi connectivity index (χ4v) is 8.55. The molecule has 0 atom stereocenters. The van der Waals surface area contributed by atoms with Gasteiger partial charge in [0.05, 0.1) is 0 Å². The largest absolute Gasteiger partial charge is 0.507 e. The van der Waals surface area contributed by atoms with Crippen LogP contribution in [-0.2, 0) is 102 Å². The van der Waals surface area contributed by atoms with Gasteiger partial charge in [0.15, 0.2) is 0 Å². The van der Waals surface area contributed by atoms with E-state index in [1.54, 1.807) is 0 Å². The Morgan fingerprint density at radius 1 is 0.286 bits per heavy atom. The first kappa shape index (κ1) is 66.8. The summed E-state index contributed by atoms with van der Waals surface area (Å²) in [6, 6.07) is 17.2. The third kappa shape index (κ3) is 18.0. The molecule has 6 nitrogen and oxygen atoms in total. The third-order valence-corrected chi connectivity index (χ3v) is 13.2. The normalized spacial score (nSPS) is 13.2. The summed E-state index contributed by atoms with van der Waals surface area (Å²) in [7, 11) is 4.11. The molecule has 0 heterocycles. The molecule has 384 valence electrons. The van der Waals surface area contributed by atoms with E-state index in [1.165, 1.54) is 22.3 Å². The number of phenolic OH excluding ortho intramolecular Hbond substituents is 4. The molecule has 8 heteroatoms. The van der Waals surface area contributed by atoms with Crippen molar-refractivity contribution in [2.45, 2.75) is 236 Å². The monoisotopic (exact) mass is 1060 g/mol. The van der Waals surface area contributed by atoms with Crippen LogP contribution < -0.4 is 0 Å². The van der Waals surface area contributed by atoms with Crippen LogP contribution >= 0.6 is 0 Å². The summed E-state index contributed by atoms with van der Waals surface area (Å²) >= 11 is 0. The smallest absolute Gasteiger partial charge is 0.123 e. The first-order valence-corrected chi connectivity index (χ1v) is 25.1. The maximum Gasteiger partial charge on any atom is 0.123 e. The van der Waals surface area contributed by atoms with E-state index in [9.17, 15) is 20.4 Å². The van der Waals surface area contributed by atoms with E-state index in [0.717, 1.165) is 44.5 Å². The number of rotatable bonds is 8. The molecule has 0 saturated carbocycles. The minimum absolute atomic E-state index is 0. The summed E-state index contributed by atoms with van der Waals surface area (Å²) in [6.07, 6.45) is 0. The van der Waals surface area contributed by atoms with Gasteiger partial charge in [0.1, 0.15) is 23.0 Å². The molecule has 0 saturated heterocycles. The molecule has 0 amide bonds. The van der Waals surface area contributed by atoms with Gasteiger partial charge in [0.25, 0.3) is 0 Å². The number of aromatic hydroxyl groups is 4. The first-order chi connectivity index (χ1) is 30.2. The summed E-state index contributed by atoms with van der Waals surface area (Å²) < 4.78 is 0. The van der Waals surface area contributed by atoms with Crippen LogP contribution in [0, 0.1) is 0 Å². The maximum absolute atomic E-state index is 11.2. The summed E-state index contributed by atoms with van der Waals surface area (Å²) in [4.78, 5) is 4.36. The van der Waals surface area contributed by atoms with Gasteiger partial charge in [-0.05, 0) is 102 Å². The molecule has 0 aromatic heterocycles. The Morgan fingerprint density at radius 2 is 0.429 bits per heavy atom. The average Bonchev–Trinajstić information content (AvgIpc) is 3.11. The topological polar surface area (TPSA) is 87.4 Å². The van der Waals surface area contributed by atoms with Crippen molar-refractivity contribution in [3.63, 3.8) is 0 Å². The number of benzene rings is 4. The molecule has 4 N–H and O–H groups in total. The summed E-state index contributed by atoms with van der Waals surface area (Å²) in [5, 5.41) is 44.8. The van der Waals surface area contributed by atoms with Gasteiger partial charge in [0.2, 0.25) is 0 Å². The van der Waals surface area contributed by atoms with Gasteiger partial charge in [-0.1, -0.05) is 215 Å². The number of nitrogens with zero attached hydrogens (tertiary/aromatic N) is 2. The van der Waals surface area contributed by atoms with Crippen LogP contribution in [0.25, 0.3) is 0 Å². The molecule has 4 aromatic carbocycles. The fraction of sp³-hybridized carbons (Fsp3) is 0.613. The van der Waals surface area contributed by atoms with Crippen LogP contribution in [0.5, 0.6) is 23.0 Å². The van der Waals surface area contributed by atoms with Crippen molar-refractivity contribution < 1.29 is 53.1 Å². The second-order valence-electron chi connectivity index (χ2n) is 28.5. The van der Waals surface area contributed by atoms with Gasteiger partial charge < -0.3 is 20.4 Å². The van der Waals surface area contributed by atoms with E-state index >= 15 is 0 Å². The molecule has 0 spiro atoms. The maximum atomic E-state index is 11.2. The van der Waals surface area contributed by atoms with Gasteiger partial charge in [-0.3, -0.25) is 9.80 Å².